The molecule has 0 aromatic carbocycles. The van der Waals surface area contributed by atoms with Crippen LogP contribution in [0, 0.1) is 0 Å². The van der Waals surface area contributed by atoms with E-state index in [1.807, 2.05) is 39.2 Å². The molecule has 0 N–H and O–H groups in total. The quantitative estimate of drug-likeness (QED) is 0.761. The summed E-state index contributed by atoms with van der Waals surface area (Å²) < 4.78 is 13.4. The molecule has 0 bridgehead atoms. The van der Waals surface area contributed by atoms with E-state index in [-0.39, 0.29) is 18.1 Å². The van der Waals surface area contributed by atoms with Gasteiger partial charge in [-0.05, 0) is 33.2 Å². The number of aryl methyl sites for hydroxylation is 1. The van der Waals surface area contributed by atoms with Crippen molar-refractivity contribution < 1.29 is 14.3 Å². The molecule has 0 unspecified atom stereocenters. The van der Waals surface area contributed by atoms with Crippen LogP contribution in [0.2, 0.25) is 0 Å². The Morgan fingerprint density at radius 2 is 2.26 bits per heavy atom. The van der Waals surface area contributed by atoms with Gasteiger partial charge in [0.1, 0.15) is 5.56 Å². The van der Waals surface area contributed by atoms with E-state index >= 15 is 0 Å². The fourth-order valence-electron chi connectivity index (χ4n) is 3.42. The molecular formula is C19H27N5O3. The van der Waals surface area contributed by atoms with Crippen LogP contribution in [0.5, 0.6) is 5.88 Å². The van der Waals surface area contributed by atoms with E-state index < -0.39 is 0 Å². The third-order valence-corrected chi connectivity index (χ3v) is 4.51. The van der Waals surface area contributed by atoms with E-state index in [1.165, 1.54) is 0 Å². The second kappa shape index (κ2) is 8.49. The predicted octanol–water partition coefficient (Wildman–Crippen LogP) is 1.36. The first-order valence-corrected chi connectivity index (χ1v) is 9.15. The number of likely N-dealkylation sites (N-methyl/N-ethyl adjacent to an activating group) is 1. The van der Waals surface area contributed by atoms with Gasteiger partial charge in [0.25, 0.3) is 5.91 Å². The average molecular weight is 373 g/mol. The summed E-state index contributed by atoms with van der Waals surface area (Å²) in [5, 5.41) is 4.29. The van der Waals surface area contributed by atoms with E-state index in [9.17, 15) is 4.79 Å². The minimum absolute atomic E-state index is 0.104. The van der Waals surface area contributed by atoms with Crippen molar-refractivity contribution in [3.05, 3.63) is 41.9 Å². The number of aromatic nitrogens is 3. The lowest BCUT2D eigenvalue weighted by Gasteiger charge is -2.41. The van der Waals surface area contributed by atoms with Crippen LogP contribution in [-0.4, -0.2) is 77.0 Å². The molecule has 1 amide bonds. The molecule has 2 aromatic rings. The van der Waals surface area contributed by atoms with Crippen molar-refractivity contribution in [1.29, 1.82) is 0 Å². The fraction of sp³-hybridized carbons (Fsp3) is 0.526. The summed E-state index contributed by atoms with van der Waals surface area (Å²) >= 11 is 0. The molecule has 1 fully saturated rings. The summed E-state index contributed by atoms with van der Waals surface area (Å²) in [6, 6.07) is 3.29. The molecule has 8 nitrogen and oxygen atoms in total. The summed E-state index contributed by atoms with van der Waals surface area (Å²) in [4.78, 5) is 21.6. The fourth-order valence-corrected chi connectivity index (χ4v) is 3.42. The SMILES string of the molecule is CCOc1ncccc1C(=O)N1CCO[C@@H](CN(C)C)[C@@H]1c1cnn(C)c1. The number of carbonyl (C=O) groups is 1. The Kier molecular flexibility index (Phi) is 6.08. The Morgan fingerprint density at radius 1 is 1.44 bits per heavy atom. The van der Waals surface area contributed by atoms with E-state index in [1.54, 1.807) is 29.2 Å². The van der Waals surface area contributed by atoms with Crippen LogP contribution in [0.4, 0.5) is 0 Å². The highest BCUT2D eigenvalue weighted by atomic mass is 16.5. The molecule has 0 spiro atoms. The van der Waals surface area contributed by atoms with Gasteiger partial charge in [0.15, 0.2) is 0 Å². The molecule has 0 saturated carbocycles. The van der Waals surface area contributed by atoms with Crippen molar-refractivity contribution in [3.63, 3.8) is 0 Å². The molecule has 0 aliphatic carbocycles. The molecular weight excluding hydrogens is 346 g/mol. The van der Waals surface area contributed by atoms with Crippen molar-refractivity contribution in [1.82, 2.24) is 24.6 Å². The maximum Gasteiger partial charge on any atom is 0.260 e. The number of hydrogen-bond donors (Lipinski definition) is 0. The lowest BCUT2D eigenvalue weighted by molar-refractivity contribution is -0.0685. The van der Waals surface area contributed by atoms with Gasteiger partial charge in [0.2, 0.25) is 5.88 Å². The van der Waals surface area contributed by atoms with Gasteiger partial charge >= 0.3 is 0 Å². The number of hydrogen-bond acceptors (Lipinski definition) is 6. The molecule has 0 radical (unpaired) electrons. The lowest BCUT2D eigenvalue weighted by Crippen LogP contribution is -2.51. The Labute approximate surface area is 159 Å². The number of nitrogens with zero attached hydrogens (tertiary/aromatic N) is 5. The number of ether oxygens (including phenoxy) is 2. The maximum atomic E-state index is 13.4. The average Bonchev–Trinajstić information content (AvgIpc) is 3.07. The molecule has 2 aromatic heterocycles. The first kappa shape index (κ1) is 19.3. The zero-order chi connectivity index (χ0) is 19.4. The van der Waals surface area contributed by atoms with E-state index in [0.29, 0.717) is 37.7 Å². The molecule has 3 rings (SSSR count). The zero-order valence-corrected chi connectivity index (χ0v) is 16.3. The summed E-state index contributed by atoms with van der Waals surface area (Å²) in [7, 11) is 5.87. The third-order valence-electron chi connectivity index (χ3n) is 4.51. The van der Waals surface area contributed by atoms with Crippen LogP contribution in [0.25, 0.3) is 0 Å². The van der Waals surface area contributed by atoms with Crippen LogP contribution >= 0.6 is 0 Å². The molecule has 2 atom stereocenters. The van der Waals surface area contributed by atoms with Gasteiger partial charge in [-0.2, -0.15) is 5.10 Å². The second-order valence-corrected chi connectivity index (χ2v) is 6.85. The first-order chi connectivity index (χ1) is 13.0. The summed E-state index contributed by atoms with van der Waals surface area (Å²) in [5.41, 5.74) is 1.43. The molecule has 3 heterocycles. The van der Waals surface area contributed by atoms with Crippen LogP contribution in [-0.2, 0) is 11.8 Å². The van der Waals surface area contributed by atoms with Crippen molar-refractivity contribution in [2.24, 2.45) is 7.05 Å². The Morgan fingerprint density at radius 3 is 2.93 bits per heavy atom. The van der Waals surface area contributed by atoms with Gasteiger partial charge in [-0.1, -0.05) is 0 Å². The molecule has 1 aliphatic rings. The Bertz CT molecular complexity index is 776. The van der Waals surface area contributed by atoms with Gasteiger partial charge in [-0.3, -0.25) is 9.48 Å². The monoisotopic (exact) mass is 373 g/mol. The van der Waals surface area contributed by atoms with Crippen LogP contribution in [0.3, 0.4) is 0 Å². The minimum Gasteiger partial charge on any atom is -0.477 e. The highest BCUT2D eigenvalue weighted by Crippen LogP contribution is 2.32. The van der Waals surface area contributed by atoms with Gasteiger partial charge < -0.3 is 19.3 Å². The van der Waals surface area contributed by atoms with Gasteiger partial charge in [0.05, 0.1) is 31.6 Å². The van der Waals surface area contributed by atoms with Crippen LogP contribution in [0.1, 0.15) is 28.9 Å². The highest BCUT2D eigenvalue weighted by molar-refractivity contribution is 5.96. The van der Waals surface area contributed by atoms with Gasteiger partial charge in [0, 0.05) is 38.1 Å². The van der Waals surface area contributed by atoms with Crippen molar-refractivity contribution in [3.8, 4) is 5.88 Å². The summed E-state index contributed by atoms with van der Waals surface area (Å²) in [6.07, 6.45) is 5.23. The number of rotatable bonds is 6. The number of pyridine rings is 1. The van der Waals surface area contributed by atoms with E-state index in [2.05, 4.69) is 15.0 Å². The molecule has 8 heteroatoms. The third kappa shape index (κ3) is 4.28. The highest BCUT2D eigenvalue weighted by Gasteiger charge is 2.38. The van der Waals surface area contributed by atoms with Crippen molar-refractivity contribution in [2.45, 2.75) is 19.1 Å². The minimum atomic E-state index is -0.225. The van der Waals surface area contributed by atoms with Crippen molar-refractivity contribution >= 4 is 5.91 Å². The topological polar surface area (TPSA) is 72.7 Å². The van der Waals surface area contributed by atoms with Crippen LogP contribution < -0.4 is 4.74 Å². The Balaban J connectivity index is 1.97. The normalized spacial score (nSPS) is 20.1. The maximum absolute atomic E-state index is 13.4. The summed E-state index contributed by atoms with van der Waals surface area (Å²) in [6.45, 7) is 4.03. The van der Waals surface area contributed by atoms with Gasteiger partial charge in [-0.15, -0.1) is 0 Å². The molecule has 1 saturated heterocycles. The number of morpholine rings is 1. The Hall–Kier alpha value is -2.45. The van der Waals surface area contributed by atoms with E-state index in [4.69, 9.17) is 9.47 Å². The standard InChI is InChI=1S/C19H27N5O3/c1-5-26-18-15(7-6-8-20-18)19(25)24-9-10-27-16(13-22(2)3)17(24)14-11-21-23(4)12-14/h6-8,11-12,16-17H,5,9-10,13H2,1-4H3/t16-,17-/m0/s1. The molecule has 146 valence electrons. The largest absolute Gasteiger partial charge is 0.477 e. The lowest BCUT2D eigenvalue weighted by atomic mass is 9.99. The summed E-state index contributed by atoms with van der Waals surface area (Å²) in [5.74, 6) is 0.262. The molecule has 27 heavy (non-hydrogen) atoms. The molecule has 1 aliphatic heterocycles. The van der Waals surface area contributed by atoms with Crippen LogP contribution in [0.15, 0.2) is 30.7 Å². The zero-order valence-electron chi connectivity index (χ0n) is 16.3. The number of carbonyl (C=O) groups excluding carboxylic acids is 1. The number of amides is 1. The second-order valence-electron chi connectivity index (χ2n) is 6.85. The smallest absolute Gasteiger partial charge is 0.260 e. The van der Waals surface area contributed by atoms with Gasteiger partial charge in [-0.25, -0.2) is 4.98 Å². The van der Waals surface area contributed by atoms with E-state index in [0.717, 1.165) is 5.56 Å². The van der Waals surface area contributed by atoms with Crippen molar-refractivity contribution in [2.75, 3.05) is 40.4 Å². The first-order valence-electron chi connectivity index (χ1n) is 9.15. The predicted molar refractivity (Wildman–Crippen MR) is 101 cm³/mol.